The predicted molar refractivity (Wildman–Crippen MR) is 277 cm³/mol. The summed E-state index contributed by atoms with van der Waals surface area (Å²) in [4.78, 5) is 41.1. The molecule has 64 heavy (non-hydrogen) atoms. The van der Waals surface area contributed by atoms with Gasteiger partial charge in [0.05, 0.1) is 13.2 Å². The normalized spacial score (nSPS) is 12.9. The summed E-state index contributed by atoms with van der Waals surface area (Å²) in [6, 6.07) is 0.303. The molecule has 0 heterocycles. The summed E-state index contributed by atoms with van der Waals surface area (Å²) in [5, 5.41) is 0. The van der Waals surface area contributed by atoms with Crippen molar-refractivity contribution in [2.75, 3.05) is 25.6 Å². The molecule has 1 amide bonds. The van der Waals surface area contributed by atoms with Crippen LogP contribution in [-0.4, -0.2) is 54.4 Å². The number of ether oxygens (including phenoxy) is 2. The van der Waals surface area contributed by atoms with Crippen LogP contribution in [0.2, 0.25) is 0 Å². The van der Waals surface area contributed by atoms with Crippen LogP contribution in [0.15, 0.2) is 0 Å². The monoisotopic (exact) mass is 924 g/mol. The number of hydrogen-bond donors (Lipinski definition) is 0. The first-order valence-corrected chi connectivity index (χ1v) is 29.1. The van der Waals surface area contributed by atoms with Crippen LogP contribution in [0.1, 0.15) is 304 Å². The van der Waals surface area contributed by atoms with Crippen LogP contribution in [0.5, 0.6) is 0 Å². The molecule has 0 aromatic carbocycles. The van der Waals surface area contributed by atoms with Crippen molar-refractivity contribution < 1.29 is 23.9 Å². The quantitative estimate of drug-likeness (QED) is 0.0345. The molecule has 0 spiro atoms. The highest BCUT2D eigenvalue weighted by molar-refractivity contribution is 6.17. The second-order valence-electron chi connectivity index (χ2n) is 19.9. The molecule has 0 aliphatic heterocycles. The summed E-state index contributed by atoms with van der Waals surface area (Å²) < 4.78 is 11.5. The number of unbranched alkanes of at least 4 members (excludes halogenated alkanes) is 25. The minimum Gasteiger partial charge on any atom is -0.465 e. The Labute approximate surface area is 404 Å². The number of alkyl halides is 1. The van der Waals surface area contributed by atoms with Crippen molar-refractivity contribution in [3.8, 4) is 0 Å². The number of rotatable bonds is 51. The van der Waals surface area contributed by atoms with Crippen LogP contribution in [0.3, 0.4) is 0 Å². The van der Waals surface area contributed by atoms with Gasteiger partial charge in [-0.3, -0.25) is 14.4 Å². The van der Waals surface area contributed by atoms with Gasteiger partial charge in [0.2, 0.25) is 5.91 Å². The highest BCUT2D eigenvalue weighted by atomic mass is 35.5. The molecular formula is C57H110ClNO5. The summed E-state index contributed by atoms with van der Waals surface area (Å²) in [5.74, 6) is 1.86. The van der Waals surface area contributed by atoms with Gasteiger partial charge >= 0.3 is 11.9 Å². The molecule has 0 aromatic heterocycles. The standard InChI is InChI=1S/C57H110ClNO5/c1-6-11-16-19-20-25-30-37-49-59(55(60)45-38-48-58)54(43-33-26-21-23-28-35-46-56(61)63-50-52(39-14-9-4)41-31-17-12-7-2)44-34-27-22-24-29-36-47-57(62)64-51-53(40-15-10-5)42-32-18-13-8-3/h52-54H,6-51H2,1-5H3. The molecule has 0 bridgehead atoms. The molecule has 6 nitrogen and oxygen atoms in total. The van der Waals surface area contributed by atoms with Gasteiger partial charge in [-0.25, -0.2) is 0 Å². The number of hydrogen-bond acceptors (Lipinski definition) is 5. The summed E-state index contributed by atoms with van der Waals surface area (Å²) >= 11 is 6.09. The van der Waals surface area contributed by atoms with Gasteiger partial charge in [-0.1, -0.05) is 221 Å². The molecule has 2 atom stereocenters. The average Bonchev–Trinajstić information content (AvgIpc) is 3.30. The fourth-order valence-corrected chi connectivity index (χ4v) is 9.48. The molecule has 0 aromatic rings. The van der Waals surface area contributed by atoms with E-state index in [1.807, 2.05) is 0 Å². The van der Waals surface area contributed by atoms with E-state index in [9.17, 15) is 14.4 Å². The third kappa shape index (κ3) is 40.9. The van der Waals surface area contributed by atoms with Crippen LogP contribution in [-0.2, 0) is 23.9 Å². The van der Waals surface area contributed by atoms with E-state index in [4.69, 9.17) is 21.1 Å². The first kappa shape index (κ1) is 62.7. The molecule has 0 saturated carbocycles. The number of esters is 2. The number of carbonyl (C=O) groups is 3. The van der Waals surface area contributed by atoms with Crippen molar-refractivity contribution in [1.29, 1.82) is 0 Å². The van der Waals surface area contributed by atoms with Crippen molar-refractivity contribution in [1.82, 2.24) is 4.90 Å². The molecule has 380 valence electrons. The van der Waals surface area contributed by atoms with Gasteiger partial charge in [0.1, 0.15) is 0 Å². The van der Waals surface area contributed by atoms with Gasteiger partial charge in [0, 0.05) is 37.7 Å². The van der Waals surface area contributed by atoms with E-state index in [1.54, 1.807) is 0 Å². The van der Waals surface area contributed by atoms with Crippen molar-refractivity contribution in [2.24, 2.45) is 11.8 Å². The van der Waals surface area contributed by atoms with Gasteiger partial charge in [-0.15, -0.1) is 11.6 Å². The Bertz CT molecular complexity index is 952. The van der Waals surface area contributed by atoms with E-state index in [0.29, 0.717) is 62.1 Å². The molecule has 0 radical (unpaired) electrons. The fraction of sp³-hybridized carbons (Fsp3) is 0.947. The van der Waals surface area contributed by atoms with Gasteiger partial charge in [0.25, 0.3) is 0 Å². The summed E-state index contributed by atoms with van der Waals surface area (Å²) in [7, 11) is 0. The van der Waals surface area contributed by atoms with Crippen LogP contribution in [0, 0.1) is 11.8 Å². The lowest BCUT2D eigenvalue weighted by Gasteiger charge is -2.33. The molecular weight excluding hydrogens is 814 g/mol. The van der Waals surface area contributed by atoms with Gasteiger partial charge < -0.3 is 14.4 Å². The van der Waals surface area contributed by atoms with Crippen molar-refractivity contribution in [3.05, 3.63) is 0 Å². The minimum atomic E-state index is -0.0112. The van der Waals surface area contributed by atoms with Gasteiger partial charge in [-0.05, 0) is 76.0 Å². The molecule has 0 fully saturated rings. The van der Waals surface area contributed by atoms with Crippen molar-refractivity contribution in [3.63, 3.8) is 0 Å². The number of nitrogens with zero attached hydrogens (tertiary/aromatic N) is 1. The molecule has 0 aliphatic carbocycles. The number of halogens is 1. The molecule has 7 heteroatoms. The van der Waals surface area contributed by atoms with Gasteiger partial charge in [-0.2, -0.15) is 0 Å². The van der Waals surface area contributed by atoms with Crippen molar-refractivity contribution >= 4 is 29.4 Å². The summed E-state index contributed by atoms with van der Waals surface area (Å²) in [6.07, 6.45) is 47.8. The maximum absolute atomic E-state index is 13.7. The lowest BCUT2D eigenvalue weighted by atomic mass is 9.96. The third-order valence-electron chi connectivity index (χ3n) is 13.7. The maximum atomic E-state index is 13.7. The second-order valence-corrected chi connectivity index (χ2v) is 20.3. The smallest absolute Gasteiger partial charge is 0.305 e. The zero-order chi connectivity index (χ0) is 47.0. The predicted octanol–water partition coefficient (Wildman–Crippen LogP) is 18.2. The van der Waals surface area contributed by atoms with E-state index >= 15 is 0 Å². The number of carbonyl (C=O) groups excluding carboxylic acids is 3. The summed E-state index contributed by atoms with van der Waals surface area (Å²) in [6.45, 7) is 13.4. The van der Waals surface area contributed by atoms with E-state index in [-0.39, 0.29) is 11.9 Å². The van der Waals surface area contributed by atoms with E-state index in [2.05, 4.69) is 39.5 Å². The average molecular weight is 925 g/mol. The Hall–Kier alpha value is -1.30. The first-order chi connectivity index (χ1) is 31.4. The Morgan fingerprint density at radius 1 is 0.375 bits per heavy atom. The topological polar surface area (TPSA) is 72.9 Å². The van der Waals surface area contributed by atoms with Crippen molar-refractivity contribution in [2.45, 2.75) is 310 Å². The summed E-state index contributed by atoms with van der Waals surface area (Å²) in [5.41, 5.74) is 0. The minimum absolute atomic E-state index is 0.0112. The van der Waals surface area contributed by atoms with E-state index in [0.717, 1.165) is 83.6 Å². The molecule has 2 unspecified atom stereocenters. The molecule has 0 rings (SSSR count). The van der Waals surface area contributed by atoms with Crippen LogP contribution in [0.25, 0.3) is 0 Å². The number of amides is 1. The Kier molecular flexibility index (Phi) is 48.6. The largest absolute Gasteiger partial charge is 0.465 e. The Morgan fingerprint density at radius 3 is 1.11 bits per heavy atom. The fourth-order valence-electron chi connectivity index (χ4n) is 9.35. The second kappa shape index (κ2) is 49.6. The SMILES string of the molecule is CCCCCCCCCCN(C(=O)CCCCl)C(CCCCCCCCC(=O)OCC(CCCC)CCCCCC)CCCCCCCCC(=O)OCC(CCCC)CCCCCC. The Balaban J connectivity index is 4.91. The zero-order valence-electron chi connectivity index (χ0n) is 43.6. The molecule has 0 saturated heterocycles. The van der Waals surface area contributed by atoms with Crippen LogP contribution < -0.4 is 0 Å². The highest BCUT2D eigenvalue weighted by Gasteiger charge is 2.23. The third-order valence-corrected chi connectivity index (χ3v) is 14.0. The van der Waals surface area contributed by atoms with E-state index < -0.39 is 0 Å². The first-order valence-electron chi connectivity index (χ1n) is 28.5. The van der Waals surface area contributed by atoms with Gasteiger partial charge in [0.15, 0.2) is 0 Å². The Morgan fingerprint density at radius 2 is 0.703 bits per heavy atom. The zero-order valence-corrected chi connectivity index (χ0v) is 44.4. The highest BCUT2D eigenvalue weighted by Crippen LogP contribution is 2.23. The van der Waals surface area contributed by atoms with Crippen LogP contribution >= 0.6 is 11.6 Å². The van der Waals surface area contributed by atoms with E-state index in [1.165, 1.54) is 173 Å². The molecule has 0 aliphatic rings. The lowest BCUT2D eigenvalue weighted by molar-refractivity contribution is -0.146. The maximum Gasteiger partial charge on any atom is 0.305 e. The van der Waals surface area contributed by atoms with Crippen LogP contribution in [0.4, 0.5) is 0 Å². The molecule has 0 N–H and O–H groups in total. The lowest BCUT2D eigenvalue weighted by Crippen LogP contribution is -2.41.